The van der Waals surface area contributed by atoms with Crippen LogP contribution in [0.4, 0.5) is 0 Å². The predicted molar refractivity (Wildman–Crippen MR) is 68.3 cm³/mol. The maximum absolute atomic E-state index is 11.9. The van der Waals surface area contributed by atoms with Gasteiger partial charge in [-0.3, -0.25) is 9.59 Å². The fraction of sp³-hybridized carbons (Fsp3) is 0.231. The first-order valence-corrected chi connectivity index (χ1v) is 6.30. The van der Waals surface area contributed by atoms with Crippen LogP contribution in [0.1, 0.15) is 16.8 Å². The second kappa shape index (κ2) is 6.91. The third kappa shape index (κ3) is 4.07. The van der Waals surface area contributed by atoms with Gasteiger partial charge >= 0.3 is 0 Å². The molecule has 17 heavy (non-hydrogen) atoms. The molecule has 1 rings (SSSR count). The predicted octanol–water partition coefficient (Wildman–Crippen LogP) is 2.71. The zero-order valence-corrected chi connectivity index (χ0v) is 10.6. The molecule has 0 N–H and O–H groups in total. The summed E-state index contributed by atoms with van der Waals surface area (Å²) in [5.41, 5.74) is 0.596. The molecule has 0 radical (unpaired) electrons. The van der Waals surface area contributed by atoms with Crippen LogP contribution in [0.3, 0.4) is 0 Å². The molecule has 0 amide bonds. The molecule has 0 aliphatic carbocycles. The van der Waals surface area contributed by atoms with E-state index in [9.17, 15) is 9.59 Å². The highest BCUT2D eigenvalue weighted by Gasteiger charge is 2.13. The van der Waals surface area contributed by atoms with Gasteiger partial charge in [0.25, 0.3) is 0 Å². The van der Waals surface area contributed by atoms with Gasteiger partial charge < -0.3 is 4.74 Å². The molecule has 0 bridgehead atoms. The van der Waals surface area contributed by atoms with Crippen LogP contribution in [-0.4, -0.2) is 24.9 Å². The number of benzene rings is 1. The summed E-state index contributed by atoms with van der Waals surface area (Å²) in [6, 6.07) is 7.27. The summed E-state index contributed by atoms with van der Waals surface area (Å²) in [6.45, 7) is 0. The number of ketones is 2. The van der Waals surface area contributed by atoms with Crippen molar-refractivity contribution < 1.29 is 14.3 Å². The number of rotatable bonds is 6. The molecule has 0 atom stereocenters. The van der Waals surface area contributed by atoms with Crippen molar-refractivity contribution in [3.05, 3.63) is 42.2 Å². The lowest BCUT2D eigenvalue weighted by Crippen LogP contribution is -2.07. The molecule has 0 heterocycles. The normalized spacial score (nSPS) is 10.5. The Hall–Kier alpha value is -1.55. The Labute approximate surface area is 105 Å². The van der Waals surface area contributed by atoms with Crippen molar-refractivity contribution in [2.24, 2.45) is 0 Å². The summed E-state index contributed by atoms with van der Waals surface area (Å²) in [5, 5.41) is 0. The molecular weight excluding hydrogens is 236 g/mol. The van der Waals surface area contributed by atoms with Crippen molar-refractivity contribution in [3.63, 3.8) is 0 Å². The highest BCUT2D eigenvalue weighted by Crippen LogP contribution is 2.21. The zero-order valence-electron chi connectivity index (χ0n) is 9.80. The van der Waals surface area contributed by atoms with Gasteiger partial charge in [0.2, 0.25) is 0 Å². The average Bonchev–Trinajstić information content (AvgIpc) is 2.36. The molecule has 1 aromatic rings. The molecule has 0 saturated heterocycles. The quantitative estimate of drug-likeness (QED) is 0.256. The standard InChI is InChI=1S/C13H14O3S/c1-16-8-7-10(14)9-12(15)11-5-3-4-6-13(11)17-2/h3-8H,9H2,1-2H3/b8-7+. The SMILES string of the molecule is CO/C=C/C(=O)CC(=O)c1ccccc1SC. The van der Waals surface area contributed by atoms with Crippen molar-refractivity contribution in [2.45, 2.75) is 11.3 Å². The molecule has 0 aliphatic rings. The zero-order chi connectivity index (χ0) is 12.7. The Morgan fingerprint density at radius 2 is 2.06 bits per heavy atom. The van der Waals surface area contributed by atoms with E-state index < -0.39 is 0 Å². The molecule has 0 spiro atoms. The monoisotopic (exact) mass is 250 g/mol. The third-order valence-corrected chi connectivity index (χ3v) is 2.93. The van der Waals surface area contributed by atoms with Gasteiger partial charge in [0.1, 0.15) is 0 Å². The van der Waals surface area contributed by atoms with Gasteiger partial charge in [-0.25, -0.2) is 0 Å². The molecule has 0 saturated carbocycles. The molecule has 1 aromatic carbocycles. The van der Waals surface area contributed by atoms with Crippen LogP contribution < -0.4 is 0 Å². The van der Waals surface area contributed by atoms with E-state index in [2.05, 4.69) is 4.74 Å². The van der Waals surface area contributed by atoms with E-state index in [4.69, 9.17) is 0 Å². The number of carbonyl (C=O) groups excluding carboxylic acids is 2. The summed E-state index contributed by atoms with van der Waals surface area (Å²) < 4.78 is 4.63. The second-order valence-corrected chi connectivity index (χ2v) is 4.15. The number of methoxy groups -OCH3 is 1. The number of carbonyl (C=O) groups is 2. The first kappa shape index (κ1) is 13.5. The minimum Gasteiger partial charge on any atom is -0.504 e. The maximum Gasteiger partial charge on any atom is 0.171 e. The number of hydrogen-bond donors (Lipinski definition) is 0. The molecule has 0 aliphatic heterocycles. The van der Waals surface area contributed by atoms with Gasteiger partial charge in [-0.15, -0.1) is 11.8 Å². The summed E-state index contributed by atoms with van der Waals surface area (Å²) >= 11 is 1.49. The van der Waals surface area contributed by atoms with Gasteiger partial charge in [-0.05, 0) is 12.3 Å². The van der Waals surface area contributed by atoms with Crippen molar-refractivity contribution in [1.82, 2.24) is 0 Å². The molecule has 0 aromatic heterocycles. The van der Waals surface area contributed by atoms with Crippen LogP contribution in [0, 0.1) is 0 Å². The Kier molecular flexibility index (Phi) is 5.49. The van der Waals surface area contributed by atoms with Crippen molar-refractivity contribution in [3.8, 4) is 0 Å². The molecule has 3 nitrogen and oxygen atoms in total. The summed E-state index contributed by atoms with van der Waals surface area (Å²) in [4.78, 5) is 24.2. The topological polar surface area (TPSA) is 43.4 Å². The Balaban J connectivity index is 2.76. The largest absolute Gasteiger partial charge is 0.504 e. The van der Waals surface area contributed by atoms with Crippen LogP contribution in [0.5, 0.6) is 0 Å². The van der Waals surface area contributed by atoms with E-state index in [1.54, 1.807) is 12.1 Å². The second-order valence-electron chi connectivity index (χ2n) is 3.31. The van der Waals surface area contributed by atoms with Crippen LogP contribution in [-0.2, 0) is 9.53 Å². The van der Waals surface area contributed by atoms with E-state index in [0.717, 1.165) is 4.90 Å². The highest BCUT2D eigenvalue weighted by molar-refractivity contribution is 7.98. The summed E-state index contributed by atoms with van der Waals surface area (Å²) in [6.07, 6.45) is 4.31. The number of hydrogen-bond acceptors (Lipinski definition) is 4. The van der Waals surface area contributed by atoms with Crippen LogP contribution >= 0.6 is 11.8 Å². The van der Waals surface area contributed by atoms with E-state index >= 15 is 0 Å². The van der Waals surface area contributed by atoms with E-state index in [-0.39, 0.29) is 18.0 Å². The first-order valence-electron chi connectivity index (χ1n) is 5.07. The van der Waals surface area contributed by atoms with Crippen LogP contribution in [0.25, 0.3) is 0 Å². The lowest BCUT2D eigenvalue weighted by Gasteiger charge is -2.04. The number of allylic oxidation sites excluding steroid dienone is 1. The fourth-order valence-corrected chi connectivity index (χ4v) is 1.95. The Morgan fingerprint density at radius 1 is 1.35 bits per heavy atom. The van der Waals surface area contributed by atoms with Gasteiger partial charge in [-0.2, -0.15) is 0 Å². The molecular formula is C13H14O3S. The molecule has 0 fully saturated rings. The number of ether oxygens (including phenoxy) is 1. The fourth-order valence-electron chi connectivity index (χ4n) is 1.33. The van der Waals surface area contributed by atoms with Gasteiger partial charge in [-0.1, -0.05) is 18.2 Å². The lowest BCUT2D eigenvalue weighted by atomic mass is 10.1. The van der Waals surface area contributed by atoms with Crippen molar-refractivity contribution in [2.75, 3.05) is 13.4 Å². The smallest absolute Gasteiger partial charge is 0.171 e. The highest BCUT2D eigenvalue weighted by atomic mass is 32.2. The molecule has 4 heteroatoms. The van der Waals surface area contributed by atoms with Gasteiger partial charge in [0, 0.05) is 16.5 Å². The number of thioether (sulfide) groups is 1. The van der Waals surface area contributed by atoms with Crippen molar-refractivity contribution >= 4 is 23.3 Å². The van der Waals surface area contributed by atoms with E-state index in [1.165, 1.54) is 31.2 Å². The minimum absolute atomic E-state index is 0.128. The van der Waals surface area contributed by atoms with Crippen LogP contribution in [0.2, 0.25) is 0 Å². The molecule has 0 unspecified atom stereocenters. The number of Topliss-reactive ketones (excluding diaryl/α,β-unsaturated/α-hetero) is 1. The van der Waals surface area contributed by atoms with Gasteiger partial charge in [0.05, 0.1) is 19.8 Å². The molecule has 90 valence electrons. The maximum atomic E-state index is 11.9. The average molecular weight is 250 g/mol. The third-order valence-electron chi connectivity index (χ3n) is 2.13. The Morgan fingerprint density at radius 3 is 2.71 bits per heavy atom. The summed E-state index contributed by atoms with van der Waals surface area (Å²) in [7, 11) is 1.45. The van der Waals surface area contributed by atoms with Crippen LogP contribution in [0.15, 0.2) is 41.5 Å². The van der Waals surface area contributed by atoms with E-state index in [1.807, 2.05) is 18.4 Å². The first-order chi connectivity index (χ1) is 8.19. The minimum atomic E-state index is -0.257. The van der Waals surface area contributed by atoms with E-state index in [0.29, 0.717) is 5.56 Å². The van der Waals surface area contributed by atoms with Gasteiger partial charge in [0.15, 0.2) is 11.6 Å². The summed E-state index contributed by atoms with van der Waals surface area (Å²) in [5.74, 6) is -0.423. The lowest BCUT2D eigenvalue weighted by molar-refractivity contribution is -0.113. The van der Waals surface area contributed by atoms with Crippen molar-refractivity contribution in [1.29, 1.82) is 0 Å². The Bertz CT molecular complexity index is 438.